The molecule has 1 aliphatic heterocycles. The fraction of sp³-hybridized carbons (Fsp3) is 0.600. The van der Waals surface area contributed by atoms with E-state index in [1.165, 1.54) is 17.4 Å². The molecule has 1 aromatic rings. The van der Waals surface area contributed by atoms with E-state index >= 15 is 0 Å². The number of guanidine groups is 1. The lowest BCUT2D eigenvalue weighted by Gasteiger charge is -2.46. The molecule has 1 fully saturated rings. The third-order valence-electron chi connectivity index (χ3n) is 6.29. The number of anilines is 1. The third kappa shape index (κ3) is 2.85. The molecule has 0 aromatic heterocycles. The first-order valence-corrected chi connectivity index (χ1v) is 9.26. The number of nitrogens with two attached hydrogens (primary N) is 1. The highest BCUT2D eigenvalue weighted by molar-refractivity contribution is 6.01. The second-order valence-electron chi connectivity index (χ2n) is 8.49. The van der Waals surface area contributed by atoms with Crippen LogP contribution < -0.4 is 11.1 Å². The molecular weight excluding hydrogens is 331 g/mol. The van der Waals surface area contributed by atoms with E-state index in [1.807, 2.05) is 0 Å². The lowest BCUT2D eigenvalue weighted by molar-refractivity contribution is -0.140. The van der Waals surface area contributed by atoms with Crippen LogP contribution in [0, 0.1) is 17.2 Å². The number of halogens is 1. The van der Waals surface area contributed by atoms with Crippen molar-refractivity contribution in [1.82, 2.24) is 4.90 Å². The second-order valence-corrected chi connectivity index (χ2v) is 8.49. The van der Waals surface area contributed by atoms with E-state index < -0.39 is 11.0 Å². The summed E-state index contributed by atoms with van der Waals surface area (Å²) in [5.74, 6) is 0.272. The summed E-state index contributed by atoms with van der Waals surface area (Å²) in [6, 6.07) is 5.39. The minimum absolute atomic E-state index is 0.110. The first kappa shape index (κ1) is 18.7. The number of carbonyl (C=O) groups excluding carboxylic acids is 1. The molecule has 3 atom stereocenters. The molecule has 1 heterocycles. The molecule has 1 aliphatic carbocycles. The summed E-state index contributed by atoms with van der Waals surface area (Å²) in [5.41, 5.74) is 5.20. The summed E-state index contributed by atoms with van der Waals surface area (Å²) in [5, 5.41) is 3.51. The maximum atomic E-state index is 14.8. The summed E-state index contributed by atoms with van der Waals surface area (Å²) in [7, 11) is 1.60. The Morgan fingerprint density at radius 1 is 1.31 bits per heavy atom. The number of nitrogens with zero attached hydrogens (tertiary/aromatic N) is 2. The molecule has 3 unspecified atom stereocenters. The lowest BCUT2D eigenvalue weighted by atomic mass is 9.67. The molecule has 1 aromatic carbocycles. The van der Waals surface area contributed by atoms with Crippen molar-refractivity contribution in [2.75, 3.05) is 12.4 Å². The van der Waals surface area contributed by atoms with E-state index in [4.69, 9.17) is 5.73 Å². The SMILES string of the molecule is CC1CCC(Nc2ccc(F)c(C3(C)N=C(N)N(C)C(=O)C3(C)C)c2)C1. The highest BCUT2D eigenvalue weighted by Gasteiger charge is 2.53. The molecule has 5 nitrogen and oxygen atoms in total. The standard InChI is InChI=1S/C20H29FN4O/c1-12-6-7-13(10-12)23-14-8-9-16(21)15(11-14)20(4)19(2,3)17(26)25(5)18(22)24-20/h8-9,11-13,23H,6-7,10H2,1-5H3,(H2,22,24). The summed E-state index contributed by atoms with van der Waals surface area (Å²) in [6.07, 6.45) is 3.44. The van der Waals surface area contributed by atoms with Crippen LogP contribution in [0.2, 0.25) is 0 Å². The van der Waals surface area contributed by atoms with Crippen molar-refractivity contribution in [2.45, 2.75) is 58.5 Å². The molecule has 0 saturated heterocycles. The summed E-state index contributed by atoms with van der Waals surface area (Å²) < 4.78 is 14.8. The number of hydrogen-bond acceptors (Lipinski definition) is 4. The van der Waals surface area contributed by atoms with Crippen LogP contribution in [0.3, 0.4) is 0 Å². The lowest BCUT2D eigenvalue weighted by Crippen LogP contribution is -2.58. The number of benzene rings is 1. The van der Waals surface area contributed by atoms with Crippen molar-refractivity contribution < 1.29 is 9.18 Å². The molecule has 1 amide bonds. The number of rotatable bonds is 3. The van der Waals surface area contributed by atoms with Gasteiger partial charge in [0, 0.05) is 24.3 Å². The Bertz CT molecular complexity index is 760. The van der Waals surface area contributed by atoms with Gasteiger partial charge in [-0.05, 0) is 64.2 Å². The van der Waals surface area contributed by atoms with E-state index in [0.29, 0.717) is 17.5 Å². The van der Waals surface area contributed by atoms with E-state index in [0.717, 1.165) is 18.5 Å². The van der Waals surface area contributed by atoms with Crippen molar-refractivity contribution in [1.29, 1.82) is 0 Å². The van der Waals surface area contributed by atoms with Gasteiger partial charge in [-0.25, -0.2) is 9.38 Å². The van der Waals surface area contributed by atoms with E-state index in [2.05, 4.69) is 17.2 Å². The van der Waals surface area contributed by atoms with Crippen molar-refractivity contribution in [3.63, 3.8) is 0 Å². The average Bonchev–Trinajstić information content (AvgIpc) is 2.98. The quantitative estimate of drug-likeness (QED) is 0.867. The van der Waals surface area contributed by atoms with Gasteiger partial charge in [-0.15, -0.1) is 0 Å². The molecule has 3 rings (SSSR count). The summed E-state index contributed by atoms with van der Waals surface area (Å²) >= 11 is 0. The van der Waals surface area contributed by atoms with Crippen LogP contribution >= 0.6 is 0 Å². The zero-order chi connectivity index (χ0) is 19.3. The number of hydrogen-bond donors (Lipinski definition) is 2. The molecule has 26 heavy (non-hydrogen) atoms. The zero-order valence-corrected chi connectivity index (χ0v) is 16.3. The van der Waals surface area contributed by atoms with Gasteiger partial charge in [0.15, 0.2) is 5.96 Å². The summed E-state index contributed by atoms with van der Waals surface area (Å²) in [6.45, 7) is 7.62. The first-order chi connectivity index (χ1) is 12.1. The van der Waals surface area contributed by atoms with E-state index in [9.17, 15) is 9.18 Å². The van der Waals surface area contributed by atoms with Gasteiger partial charge in [0.2, 0.25) is 5.91 Å². The Kier molecular flexibility index (Phi) is 4.49. The molecule has 142 valence electrons. The van der Waals surface area contributed by atoms with Crippen molar-refractivity contribution >= 4 is 17.6 Å². The number of nitrogens with one attached hydrogen (secondary N) is 1. The van der Waals surface area contributed by atoms with Crippen LogP contribution in [-0.2, 0) is 10.3 Å². The van der Waals surface area contributed by atoms with Crippen LogP contribution in [0.5, 0.6) is 0 Å². The second kappa shape index (κ2) is 6.25. The Morgan fingerprint density at radius 3 is 2.62 bits per heavy atom. The van der Waals surface area contributed by atoms with Gasteiger partial charge in [-0.2, -0.15) is 0 Å². The van der Waals surface area contributed by atoms with Crippen LogP contribution in [-0.4, -0.2) is 29.9 Å². The Morgan fingerprint density at radius 2 is 2.00 bits per heavy atom. The fourth-order valence-corrected chi connectivity index (χ4v) is 4.13. The van der Waals surface area contributed by atoms with Crippen LogP contribution in [0.25, 0.3) is 0 Å². The Hall–Kier alpha value is -2.11. The van der Waals surface area contributed by atoms with Crippen LogP contribution in [0.4, 0.5) is 10.1 Å². The van der Waals surface area contributed by atoms with Gasteiger partial charge in [0.05, 0.1) is 5.41 Å². The average molecular weight is 360 g/mol. The Balaban J connectivity index is 2.02. The van der Waals surface area contributed by atoms with Crippen molar-refractivity contribution in [3.8, 4) is 0 Å². The smallest absolute Gasteiger partial charge is 0.237 e. The predicted octanol–water partition coefficient (Wildman–Crippen LogP) is 3.45. The molecular formula is C20H29FN4O. The van der Waals surface area contributed by atoms with Crippen molar-refractivity contribution in [3.05, 3.63) is 29.6 Å². The molecule has 3 N–H and O–H groups in total. The van der Waals surface area contributed by atoms with E-state index in [-0.39, 0.29) is 17.7 Å². The number of amides is 1. The maximum absolute atomic E-state index is 14.8. The first-order valence-electron chi connectivity index (χ1n) is 9.26. The van der Waals surface area contributed by atoms with Gasteiger partial charge in [0.25, 0.3) is 0 Å². The maximum Gasteiger partial charge on any atom is 0.237 e. The van der Waals surface area contributed by atoms with Gasteiger partial charge >= 0.3 is 0 Å². The third-order valence-corrected chi connectivity index (χ3v) is 6.29. The normalized spacial score (nSPS) is 31.1. The zero-order valence-electron chi connectivity index (χ0n) is 16.3. The van der Waals surface area contributed by atoms with Crippen LogP contribution in [0.1, 0.15) is 52.5 Å². The predicted molar refractivity (Wildman–Crippen MR) is 102 cm³/mol. The molecule has 1 saturated carbocycles. The minimum Gasteiger partial charge on any atom is -0.382 e. The number of carbonyl (C=O) groups is 1. The Labute approximate surface area is 154 Å². The van der Waals surface area contributed by atoms with Crippen LogP contribution in [0.15, 0.2) is 23.2 Å². The molecule has 0 spiro atoms. The molecule has 6 heteroatoms. The number of aliphatic imine (C=N–C) groups is 1. The largest absolute Gasteiger partial charge is 0.382 e. The molecule has 0 radical (unpaired) electrons. The van der Waals surface area contributed by atoms with Gasteiger partial charge < -0.3 is 11.1 Å². The van der Waals surface area contributed by atoms with Gasteiger partial charge in [0.1, 0.15) is 11.4 Å². The monoisotopic (exact) mass is 360 g/mol. The van der Waals surface area contributed by atoms with E-state index in [1.54, 1.807) is 40.0 Å². The van der Waals surface area contributed by atoms with Gasteiger partial charge in [-0.1, -0.05) is 6.92 Å². The van der Waals surface area contributed by atoms with Gasteiger partial charge in [-0.3, -0.25) is 9.69 Å². The highest BCUT2D eigenvalue weighted by Crippen LogP contribution is 2.47. The molecule has 0 bridgehead atoms. The van der Waals surface area contributed by atoms with Crippen molar-refractivity contribution in [2.24, 2.45) is 22.1 Å². The topological polar surface area (TPSA) is 70.7 Å². The summed E-state index contributed by atoms with van der Waals surface area (Å²) in [4.78, 5) is 18.7. The highest BCUT2D eigenvalue weighted by atomic mass is 19.1. The fourth-order valence-electron chi connectivity index (χ4n) is 4.13. The minimum atomic E-state index is -1.08. The molecule has 2 aliphatic rings.